The summed E-state index contributed by atoms with van der Waals surface area (Å²) in [5.41, 5.74) is 1.16. The molecule has 0 aromatic heterocycles. The lowest BCUT2D eigenvalue weighted by Gasteiger charge is -2.24. The van der Waals surface area contributed by atoms with E-state index in [0.29, 0.717) is 23.7 Å². The topological polar surface area (TPSA) is 109 Å². The summed E-state index contributed by atoms with van der Waals surface area (Å²) in [6.07, 6.45) is -0.539. The van der Waals surface area contributed by atoms with Crippen molar-refractivity contribution in [3.63, 3.8) is 0 Å². The van der Waals surface area contributed by atoms with Crippen molar-refractivity contribution >= 4 is 29.2 Å². The smallest absolute Gasteiger partial charge is 0.321 e. The summed E-state index contributed by atoms with van der Waals surface area (Å²) in [6.45, 7) is 5.49. The van der Waals surface area contributed by atoms with Crippen molar-refractivity contribution in [3.05, 3.63) is 18.2 Å². The molecule has 124 valence electrons. The number of carbonyl (C=O) groups is 3. The molecule has 0 saturated heterocycles. The van der Waals surface area contributed by atoms with Crippen LogP contribution >= 0.6 is 0 Å². The molecule has 8 heteroatoms. The van der Waals surface area contributed by atoms with E-state index in [1.54, 1.807) is 39.0 Å². The molecule has 23 heavy (non-hydrogen) atoms. The minimum atomic E-state index is -0.630. The Morgan fingerprint density at radius 3 is 2.83 bits per heavy atom. The number of urea groups is 1. The second-order valence-corrected chi connectivity index (χ2v) is 5.17. The van der Waals surface area contributed by atoms with E-state index in [9.17, 15) is 14.4 Å². The minimum absolute atomic E-state index is 0.225. The fourth-order valence-corrected chi connectivity index (χ4v) is 2.04. The molecule has 1 aromatic carbocycles. The van der Waals surface area contributed by atoms with Gasteiger partial charge in [0.1, 0.15) is 11.8 Å². The van der Waals surface area contributed by atoms with Crippen LogP contribution in [0.1, 0.15) is 20.8 Å². The normalized spacial score (nSPS) is 17.2. The molecule has 0 fully saturated rings. The number of anilines is 2. The van der Waals surface area contributed by atoms with Gasteiger partial charge < -0.3 is 20.7 Å². The molecule has 0 aliphatic carbocycles. The summed E-state index contributed by atoms with van der Waals surface area (Å²) in [7, 11) is 0. The highest BCUT2D eigenvalue weighted by Gasteiger charge is 2.24. The summed E-state index contributed by atoms with van der Waals surface area (Å²) >= 11 is 0. The summed E-state index contributed by atoms with van der Waals surface area (Å²) in [5, 5.41) is 10.4. The van der Waals surface area contributed by atoms with E-state index in [1.165, 1.54) is 0 Å². The molecular formula is C15H20N4O4. The van der Waals surface area contributed by atoms with Gasteiger partial charge in [-0.25, -0.2) is 4.79 Å². The third-order valence-corrected chi connectivity index (χ3v) is 3.26. The number of nitrogens with one attached hydrogen (secondary N) is 4. The molecule has 1 aromatic rings. The van der Waals surface area contributed by atoms with Gasteiger partial charge in [-0.15, -0.1) is 0 Å². The van der Waals surface area contributed by atoms with Gasteiger partial charge in [0.25, 0.3) is 5.91 Å². The van der Waals surface area contributed by atoms with Gasteiger partial charge >= 0.3 is 6.03 Å². The van der Waals surface area contributed by atoms with Crippen LogP contribution in [0.3, 0.4) is 0 Å². The Morgan fingerprint density at radius 1 is 1.39 bits per heavy atom. The quantitative estimate of drug-likeness (QED) is 0.663. The summed E-state index contributed by atoms with van der Waals surface area (Å²) in [4.78, 5) is 34.8. The van der Waals surface area contributed by atoms with Crippen molar-refractivity contribution in [3.8, 4) is 5.75 Å². The Hall–Kier alpha value is -2.77. The van der Waals surface area contributed by atoms with E-state index >= 15 is 0 Å². The van der Waals surface area contributed by atoms with Crippen LogP contribution in [0.25, 0.3) is 0 Å². The summed E-state index contributed by atoms with van der Waals surface area (Å²) in [5.74, 6) is -0.110. The van der Waals surface area contributed by atoms with Gasteiger partial charge in [0.05, 0.1) is 5.69 Å². The molecule has 8 nitrogen and oxygen atoms in total. The lowest BCUT2D eigenvalue weighted by atomic mass is 10.2. The maximum atomic E-state index is 11.9. The first kappa shape index (κ1) is 16.6. The number of fused-ring (bicyclic) bond motifs is 1. The summed E-state index contributed by atoms with van der Waals surface area (Å²) < 4.78 is 5.46. The number of benzene rings is 1. The predicted molar refractivity (Wildman–Crippen MR) is 85.5 cm³/mol. The highest BCUT2D eigenvalue weighted by molar-refractivity contribution is 5.99. The van der Waals surface area contributed by atoms with Crippen LogP contribution in [0.5, 0.6) is 5.75 Å². The van der Waals surface area contributed by atoms with E-state index < -0.39 is 24.1 Å². The number of amides is 4. The number of hydrogen-bond donors (Lipinski definition) is 4. The average molecular weight is 320 g/mol. The third kappa shape index (κ3) is 4.12. The van der Waals surface area contributed by atoms with E-state index in [-0.39, 0.29) is 5.91 Å². The zero-order valence-electron chi connectivity index (χ0n) is 13.2. The number of ether oxygens (including phenoxy) is 1. The van der Waals surface area contributed by atoms with Crippen molar-refractivity contribution < 1.29 is 19.1 Å². The molecule has 0 spiro atoms. The molecule has 0 bridgehead atoms. The molecule has 1 aliphatic heterocycles. The van der Waals surface area contributed by atoms with Crippen LogP contribution in [-0.4, -0.2) is 36.5 Å². The molecule has 1 aliphatic rings. The predicted octanol–water partition coefficient (Wildman–Crippen LogP) is 1.05. The third-order valence-electron chi connectivity index (χ3n) is 3.26. The molecule has 1 heterocycles. The first-order chi connectivity index (χ1) is 10.9. The molecule has 2 rings (SSSR count). The van der Waals surface area contributed by atoms with Gasteiger partial charge in [0.15, 0.2) is 6.10 Å². The second-order valence-electron chi connectivity index (χ2n) is 5.17. The van der Waals surface area contributed by atoms with Crippen LogP contribution in [0.4, 0.5) is 16.2 Å². The van der Waals surface area contributed by atoms with Gasteiger partial charge in [-0.1, -0.05) is 0 Å². The van der Waals surface area contributed by atoms with E-state index in [2.05, 4.69) is 21.3 Å². The van der Waals surface area contributed by atoms with Gasteiger partial charge in [-0.05, 0) is 39.0 Å². The second kappa shape index (κ2) is 6.99. The Kier molecular flexibility index (Phi) is 5.05. The zero-order valence-corrected chi connectivity index (χ0v) is 13.2. The van der Waals surface area contributed by atoms with Crippen LogP contribution in [0.2, 0.25) is 0 Å². The molecule has 4 amide bonds. The maximum Gasteiger partial charge on any atom is 0.321 e. The Balaban J connectivity index is 2.00. The lowest BCUT2D eigenvalue weighted by molar-refractivity contribution is -0.123. The Labute approximate surface area is 134 Å². The van der Waals surface area contributed by atoms with Crippen LogP contribution in [-0.2, 0) is 9.59 Å². The largest absolute Gasteiger partial charge is 0.479 e. The lowest BCUT2D eigenvalue weighted by Crippen LogP contribution is -2.45. The van der Waals surface area contributed by atoms with Crippen molar-refractivity contribution in [1.82, 2.24) is 10.6 Å². The van der Waals surface area contributed by atoms with Crippen LogP contribution in [0, 0.1) is 0 Å². The fraction of sp³-hybridized carbons (Fsp3) is 0.400. The monoisotopic (exact) mass is 320 g/mol. The van der Waals surface area contributed by atoms with Crippen molar-refractivity contribution in [1.29, 1.82) is 0 Å². The summed E-state index contributed by atoms with van der Waals surface area (Å²) in [6, 6.07) is 3.96. The average Bonchev–Trinajstić information content (AvgIpc) is 2.48. The SMILES string of the molecule is CCNC(=O)NC(=O)C(C)Nc1ccc2c(c1)NC(=O)C(C)O2. The fourth-order valence-electron chi connectivity index (χ4n) is 2.04. The molecular weight excluding hydrogens is 300 g/mol. The van der Waals surface area contributed by atoms with Crippen molar-refractivity contribution in [2.24, 2.45) is 0 Å². The molecule has 4 N–H and O–H groups in total. The standard InChI is InChI=1S/C15H20N4O4/c1-4-16-15(22)19-13(20)8(2)17-10-5-6-12-11(7-10)18-14(21)9(3)23-12/h5-9,17H,4H2,1-3H3,(H,18,21)(H2,16,19,20,22). The molecule has 0 saturated carbocycles. The number of hydrogen-bond acceptors (Lipinski definition) is 5. The van der Waals surface area contributed by atoms with Crippen LogP contribution < -0.4 is 26.0 Å². The van der Waals surface area contributed by atoms with Gasteiger partial charge in [-0.2, -0.15) is 0 Å². The highest BCUT2D eigenvalue weighted by Crippen LogP contribution is 2.32. The highest BCUT2D eigenvalue weighted by atomic mass is 16.5. The Bertz CT molecular complexity index is 632. The van der Waals surface area contributed by atoms with Gasteiger partial charge in [0, 0.05) is 12.2 Å². The first-order valence-corrected chi connectivity index (χ1v) is 7.37. The van der Waals surface area contributed by atoms with Crippen molar-refractivity contribution in [2.45, 2.75) is 32.9 Å². The number of rotatable bonds is 4. The van der Waals surface area contributed by atoms with E-state index in [1.807, 2.05) is 0 Å². The van der Waals surface area contributed by atoms with E-state index in [4.69, 9.17) is 4.74 Å². The minimum Gasteiger partial charge on any atom is -0.479 e. The molecule has 2 unspecified atom stereocenters. The van der Waals surface area contributed by atoms with Gasteiger partial charge in [0.2, 0.25) is 5.91 Å². The molecule has 0 radical (unpaired) electrons. The number of imide groups is 1. The number of carbonyl (C=O) groups excluding carboxylic acids is 3. The Morgan fingerprint density at radius 2 is 2.13 bits per heavy atom. The molecule has 2 atom stereocenters. The van der Waals surface area contributed by atoms with E-state index in [0.717, 1.165) is 0 Å². The van der Waals surface area contributed by atoms with Gasteiger partial charge in [-0.3, -0.25) is 14.9 Å². The maximum absolute atomic E-state index is 11.9. The zero-order chi connectivity index (χ0) is 17.0. The van der Waals surface area contributed by atoms with Crippen LogP contribution in [0.15, 0.2) is 18.2 Å². The first-order valence-electron chi connectivity index (χ1n) is 7.37. The van der Waals surface area contributed by atoms with Crippen molar-refractivity contribution in [2.75, 3.05) is 17.2 Å².